The van der Waals surface area contributed by atoms with Crippen LogP contribution in [0, 0.1) is 0 Å². The molecule has 0 amide bonds. The van der Waals surface area contributed by atoms with Gasteiger partial charge in [0.15, 0.2) is 0 Å². The van der Waals surface area contributed by atoms with Crippen LogP contribution in [0.2, 0.25) is 5.02 Å². The first-order valence-corrected chi connectivity index (χ1v) is 5.27. The van der Waals surface area contributed by atoms with Crippen LogP contribution in [0.25, 0.3) is 10.9 Å². The molecule has 4 nitrogen and oxygen atoms in total. The van der Waals surface area contributed by atoms with Gasteiger partial charge in [-0.15, -0.1) is 0 Å². The van der Waals surface area contributed by atoms with Crippen LogP contribution in [0.1, 0.15) is 12.0 Å². The molecule has 0 aliphatic heterocycles. The summed E-state index contributed by atoms with van der Waals surface area (Å²) in [6.07, 6.45) is 2.33. The molecule has 0 aliphatic carbocycles. The maximum Gasteiger partial charge on any atom is 0.303 e. The number of hydrogen-bond acceptors (Lipinski definition) is 2. The van der Waals surface area contributed by atoms with Crippen LogP contribution in [-0.4, -0.2) is 20.9 Å². The van der Waals surface area contributed by atoms with Gasteiger partial charge in [-0.1, -0.05) is 11.6 Å². The monoisotopic (exact) mass is 238 g/mol. The Kier molecular flexibility index (Phi) is 2.83. The second-order valence-corrected chi connectivity index (χ2v) is 4.08. The number of aryl methyl sites for hydroxylation is 2. The quantitative estimate of drug-likeness (QED) is 0.892. The molecule has 1 aromatic heterocycles. The summed E-state index contributed by atoms with van der Waals surface area (Å²) >= 11 is 6.12. The van der Waals surface area contributed by atoms with E-state index in [2.05, 4.69) is 5.10 Å². The molecule has 2 aromatic rings. The second kappa shape index (κ2) is 4.14. The van der Waals surface area contributed by atoms with Gasteiger partial charge in [-0.3, -0.25) is 9.48 Å². The van der Waals surface area contributed by atoms with Gasteiger partial charge in [-0.05, 0) is 24.1 Å². The van der Waals surface area contributed by atoms with E-state index in [1.165, 1.54) is 0 Å². The molecule has 1 N–H and O–H groups in total. The first-order chi connectivity index (χ1) is 7.58. The third kappa shape index (κ3) is 2.02. The zero-order valence-corrected chi connectivity index (χ0v) is 9.53. The largest absolute Gasteiger partial charge is 0.481 e. The van der Waals surface area contributed by atoms with Crippen molar-refractivity contribution >= 4 is 28.5 Å². The number of nitrogens with zero attached hydrogens (tertiary/aromatic N) is 2. The Balaban J connectivity index is 2.38. The summed E-state index contributed by atoms with van der Waals surface area (Å²) < 4.78 is 1.71. The number of fused-ring (bicyclic) bond motifs is 1. The second-order valence-electron chi connectivity index (χ2n) is 3.68. The van der Waals surface area contributed by atoms with Crippen LogP contribution in [0.3, 0.4) is 0 Å². The van der Waals surface area contributed by atoms with Gasteiger partial charge >= 0.3 is 5.97 Å². The lowest BCUT2D eigenvalue weighted by Gasteiger charge is -2.02. The Labute approximate surface area is 97.4 Å². The van der Waals surface area contributed by atoms with Crippen molar-refractivity contribution in [1.82, 2.24) is 9.78 Å². The van der Waals surface area contributed by atoms with Crippen molar-refractivity contribution < 1.29 is 9.90 Å². The van der Waals surface area contributed by atoms with Crippen molar-refractivity contribution in [3.63, 3.8) is 0 Å². The summed E-state index contributed by atoms with van der Waals surface area (Å²) in [6.45, 7) is 0. The molecule has 16 heavy (non-hydrogen) atoms. The molecule has 0 bridgehead atoms. The number of carbonyl (C=O) groups is 1. The molecule has 0 saturated carbocycles. The van der Waals surface area contributed by atoms with Crippen molar-refractivity contribution in [2.24, 2.45) is 7.05 Å². The van der Waals surface area contributed by atoms with Crippen molar-refractivity contribution in [3.8, 4) is 0 Å². The molecular weight excluding hydrogens is 228 g/mol. The highest BCUT2D eigenvalue weighted by Crippen LogP contribution is 2.25. The first-order valence-electron chi connectivity index (χ1n) is 4.90. The Hall–Kier alpha value is -1.55. The van der Waals surface area contributed by atoms with E-state index in [4.69, 9.17) is 16.7 Å². The first kappa shape index (κ1) is 11.0. The molecular formula is C11H11ClN2O2. The van der Waals surface area contributed by atoms with Crippen molar-refractivity contribution in [2.45, 2.75) is 12.8 Å². The molecule has 0 unspecified atom stereocenters. The van der Waals surface area contributed by atoms with Crippen molar-refractivity contribution in [1.29, 1.82) is 0 Å². The number of hydrogen-bond donors (Lipinski definition) is 1. The summed E-state index contributed by atoms with van der Waals surface area (Å²) in [6, 6.07) is 3.73. The van der Waals surface area contributed by atoms with E-state index in [-0.39, 0.29) is 6.42 Å². The lowest BCUT2D eigenvalue weighted by atomic mass is 10.1. The van der Waals surface area contributed by atoms with Gasteiger partial charge in [0.1, 0.15) is 0 Å². The number of carboxylic acids is 1. The Morgan fingerprint density at radius 3 is 3.00 bits per heavy atom. The number of benzene rings is 1. The molecule has 0 radical (unpaired) electrons. The molecule has 0 spiro atoms. The summed E-state index contributed by atoms with van der Waals surface area (Å²) in [4.78, 5) is 10.5. The molecule has 1 aromatic carbocycles. The van der Waals surface area contributed by atoms with Crippen LogP contribution < -0.4 is 0 Å². The molecule has 1 heterocycles. The maximum atomic E-state index is 10.5. The fraction of sp³-hybridized carbons (Fsp3) is 0.273. The normalized spacial score (nSPS) is 10.9. The highest BCUT2D eigenvalue weighted by atomic mass is 35.5. The molecule has 0 aliphatic rings. The van der Waals surface area contributed by atoms with E-state index in [9.17, 15) is 4.79 Å². The average molecular weight is 239 g/mol. The van der Waals surface area contributed by atoms with E-state index in [1.807, 2.05) is 13.1 Å². The third-order valence-corrected chi connectivity index (χ3v) is 2.76. The minimum Gasteiger partial charge on any atom is -0.481 e. The van der Waals surface area contributed by atoms with Gasteiger partial charge in [0, 0.05) is 18.9 Å². The lowest BCUT2D eigenvalue weighted by Crippen LogP contribution is -1.97. The van der Waals surface area contributed by atoms with E-state index >= 15 is 0 Å². The summed E-state index contributed by atoms with van der Waals surface area (Å²) in [7, 11) is 1.82. The predicted molar refractivity (Wildman–Crippen MR) is 61.7 cm³/mol. The zero-order valence-electron chi connectivity index (χ0n) is 8.77. The molecule has 0 atom stereocenters. The Morgan fingerprint density at radius 2 is 2.31 bits per heavy atom. The van der Waals surface area contributed by atoms with Gasteiger partial charge in [0.25, 0.3) is 0 Å². The lowest BCUT2D eigenvalue weighted by molar-refractivity contribution is -0.136. The van der Waals surface area contributed by atoms with E-state index in [0.29, 0.717) is 11.4 Å². The standard InChI is InChI=1S/C11H11ClN2O2/c1-14-11-8(6-13-14)4-7(5-9(11)12)2-3-10(15)16/h4-6H,2-3H2,1H3,(H,15,16). The average Bonchev–Trinajstić information content (AvgIpc) is 2.58. The van der Waals surface area contributed by atoms with Crippen molar-refractivity contribution in [3.05, 3.63) is 28.9 Å². The molecule has 0 saturated heterocycles. The van der Waals surface area contributed by atoms with Crippen molar-refractivity contribution in [2.75, 3.05) is 0 Å². The molecule has 5 heteroatoms. The molecule has 2 rings (SSSR count). The number of aromatic nitrogens is 2. The fourth-order valence-electron chi connectivity index (χ4n) is 1.72. The number of halogens is 1. The number of aliphatic carboxylic acids is 1. The summed E-state index contributed by atoms with van der Waals surface area (Å²) in [5.74, 6) is -0.803. The fourth-order valence-corrected chi connectivity index (χ4v) is 2.09. The van der Waals surface area contributed by atoms with Gasteiger partial charge < -0.3 is 5.11 Å². The highest BCUT2D eigenvalue weighted by Gasteiger charge is 2.07. The van der Waals surface area contributed by atoms with Gasteiger partial charge in [0.2, 0.25) is 0 Å². The maximum absolute atomic E-state index is 10.5. The van der Waals surface area contributed by atoms with Crippen LogP contribution in [0.5, 0.6) is 0 Å². The smallest absolute Gasteiger partial charge is 0.303 e. The number of carboxylic acid groups (broad SMARTS) is 1. The van der Waals surface area contributed by atoms with Crippen LogP contribution in [0.15, 0.2) is 18.3 Å². The van der Waals surface area contributed by atoms with Crippen LogP contribution in [-0.2, 0) is 18.3 Å². The van der Waals surface area contributed by atoms with E-state index in [1.54, 1.807) is 16.9 Å². The minimum atomic E-state index is -0.803. The highest BCUT2D eigenvalue weighted by molar-refractivity contribution is 6.35. The van der Waals surface area contributed by atoms with E-state index < -0.39 is 5.97 Å². The zero-order chi connectivity index (χ0) is 11.7. The van der Waals surface area contributed by atoms with Gasteiger partial charge in [-0.2, -0.15) is 5.10 Å². The topological polar surface area (TPSA) is 55.1 Å². The Morgan fingerprint density at radius 1 is 1.56 bits per heavy atom. The molecule has 0 fully saturated rings. The Bertz CT molecular complexity index is 548. The van der Waals surface area contributed by atoms with Gasteiger partial charge in [0.05, 0.1) is 16.7 Å². The number of rotatable bonds is 3. The minimum absolute atomic E-state index is 0.113. The van der Waals surface area contributed by atoms with Crippen LogP contribution >= 0.6 is 11.6 Å². The predicted octanol–water partition coefficient (Wildman–Crippen LogP) is 2.24. The van der Waals surface area contributed by atoms with Crippen LogP contribution in [0.4, 0.5) is 0 Å². The SMILES string of the molecule is Cn1ncc2cc(CCC(=O)O)cc(Cl)c21. The third-order valence-electron chi connectivity index (χ3n) is 2.47. The summed E-state index contributed by atoms with van der Waals surface area (Å²) in [5, 5.41) is 14.3. The molecule has 84 valence electrons. The van der Waals surface area contributed by atoms with E-state index in [0.717, 1.165) is 16.5 Å². The van der Waals surface area contributed by atoms with Gasteiger partial charge in [-0.25, -0.2) is 0 Å². The summed E-state index contributed by atoms with van der Waals surface area (Å²) in [5.41, 5.74) is 1.80.